The van der Waals surface area contributed by atoms with Crippen molar-refractivity contribution in [1.29, 1.82) is 0 Å². The summed E-state index contributed by atoms with van der Waals surface area (Å²) in [5, 5.41) is 23.3. The molecular weight excluding hydrogens is 592 g/mol. The average molecular weight is 625 g/mol. The van der Waals surface area contributed by atoms with E-state index >= 15 is 0 Å². The van der Waals surface area contributed by atoms with E-state index in [0.717, 1.165) is 71.0 Å². The molecule has 0 aromatic carbocycles. The zero-order chi connectivity index (χ0) is 31.3. The maximum Gasteiger partial charge on any atom is 0.316 e. The number of nitrogens with one attached hydrogen (secondary N) is 2. The first-order valence-corrected chi connectivity index (χ1v) is 14.8. The van der Waals surface area contributed by atoms with E-state index in [-0.39, 0.29) is 0 Å². The molecule has 46 heavy (non-hydrogen) atoms. The molecule has 0 amide bonds. The summed E-state index contributed by atoms with van der Waals surface area (Å²) >= 11 is 0. The van der Waals surface area contributed by atoms with Crippen molar-refractivity contribution in [3.05, 3.63) is 72.1 Å². The third kappa shape index (κ3) is 5.82. The van der Waals surface area contributed by atoms with Crippen molar-refractivity contribution in [3.8, 4) is 45.9 Å². The summed E-state index contributed by atoms with van der Waals surface area (Å²) in [4.78, 5) is 16.7. The second-order valence-corrected chi connectivity index (χ2v) is 10.4. The number of hydrogen-bond donors (Lipinski definition) is 2. The first-order chi connectivity index (χ1) is 22.7. The van der Waals surface area contributed by atoms with Gasteiger partial charge in [-0.3, -0.25) is 10.2 Å². The number of ether oxygens (including phenoxy) is 4. The lowest BCUT2D eigenvalue weighted by Crippen LogP contribution is -2.06. The Labute approximate surface area is 263 Å². The monoisotopic (exact) mass is 624 g/mol. The molecule has 0 aliphatic carbocycles. The maximum absolute atomic E-state index is 5.62. The van der Waals surface area contributed by atoms with Crippen LogP contribution in [0.3, 0.4) is 0 Å². The number of H-pyrrole nitrogens is 2. The van der Waals surface area contributed by atoms with E-state index in [1.54, 1.807) is 51.4 Å². The standard InChI is InChI=1S/2C15H16N6O2/c1-22-15-16-8-11(9-17-15)21-13-3-5-23-4-2-12(13)14(20-21)10-6-18-19-7-10;1-22-15-16-8-11(9-17-15)21-14(10-6-18-19-7-10)12-2-4-23-5-3-13(12)20-21/h2*6-9H,2-5H2,1H3,(H,18,19). The molecule has 236 valence electrons. The fourth-order valence-electron chi connectivity index (χ4n) is 5.59. The predicted molar refractivity (Wildman–Crippen MR) is 163 cm³/mol. The molecule has 0 radical (unpaired) electrons. The Morgan fingerprint density at radius 3 is 1.80 bits per heavy atom. The lowest BCUT2D eigenvalue weighted by molar-refractivity contribution is 0.145. The zero-order valence-electron chi connectivity index (χ0n) is 25.4. The Bertz CT molecular complexity index is 1860. The zero-order valence-corrected chi connectivity index (χ0v) is 25.4. The number of rotatable bonds is 6. The summed E-state index contributed by atoms with van der Waals surface area (Å²) < 4.78 is 25.0. The van der Waals surface area contributed by atoms with Crippen LogP contribution in [0.25, 0.3) is 33.9 Å². The van der Waals surface area contributed by atoms with Crippen molar-refractivity contribution < 1.29 is 18.9 Å². The van der Waals surface area contributed by atoms with Gasteiger partial charge in [0.25, 0.3) is 0 Å². The molecule has 0 saturated carbocycles. The van der Waals surface area contributed by atoms with Crippen LogP contribution in [0.2, 0.25) is 0 Å². The second kappa shape index (κ2) is 13.3. The molecule has 6 aromatic rings. The normalized spacial score (nSPS) is 14.3. The largest absolute Gasteiger partial charge is 0.467 e. The van der Waals surface area contributed by atoms with Gasteiger partial charge in [0.15, 0.2) is 0 Å². The minimum atomic E-state index is 0.334. The Hall–Kier alpha value is -5.48. The summed E-state index contributed by atoms with van der Waals surface area (Å²) in [5.41, 5.74) is 10.0. The van der Waals surface area contributed by atoms with Crippen LogP contribution in [0.4, 0.5) is 0 Å². The van der Waals surface area contributed by atoms with Crippen molar-refractivity contribution in [2.45, 2.75) is 25.7 Å². The van der Waals surface area contributed by atoms with Crippen LogP contribution in [0.1, 0.15) is 22.5 Å². The van der Waals surface area contributed by atoms with Gasteiger partial charge in [0.2, 0.25) is 0 Å². The van der Waals surface area contributed by atoms with Gasteiger partial charge in [-0.25, -0.2) is 29.3 Å². The van der Waals surface area contributed by atoms with Crippen LogP contribution in [0.15, 0.2) is 49.6 Å². The topological polar surface area (TPSA) is 181 Å². The van der Waals surface area contributed by atoms with Gasteiger partial charge in [-0.2, -0.15) is 20.4 Å². The molecular formula is C30H32N12O4. The number of hydrogen-bond acceptors (Lipinski definition) is 12. The Morgan fingerprint density at radius 2 is 1.20 bits per heavy atom. The molecule has 0 spiro atoms. The molecule has 8 heterocycles. The van der Waals surface area contributed by atoms with Crippen LogP contribution in [0.5, 0.6) is 12.0 Å². The number of methoxy groups -OCH3 is 2. The lowest BCUT2D eigenvalue weighted by atomic mass is 10.1. The molecule has 0 saturated heterocycles. The molecule has 2 N–H and O–H groups in total. The van der Waals surface area contributed by atoms with E-state index in [2.05, 4.69) is 40.3 Å². The molecule has 0 unspecified atom stereocenters. The lowest BCUT2D eigenvalue weighted by Gasteiger charge is -2.08. The van der Waals surface area contributed by atoms with Crippen molar-refractivity contribution in [2.24, 2.45) is 0 Å². The van der Waals surface area contributed by atoms with E-state index in [1.807, 2.05) is 21.8 Å². The van der Waals surface area contributed by atoms with Crippen LogP contribution < -0.4 is 9.47 Å². The molecule has 2 aliphatic rings. The maximum atomic E-state index is 5.62. The van der Waals surface area contributed by atoms with Gasteiger partial charge in [0.05, 0.1) is 101 Å². The Kier molecular flexibility index (Phi) is 8.42. The van der Waals surface area contributed by atoms with E-state index in [9.17, 15) is 0 Å². The smallest absolute Gasteiger partial charge is 0.316 e. The van der Waals surface area contributed by atoms with Crippen molar-refractivity contribution in [3.63, 3.8) is 0 Å². The van der Waals surface area contributed by atoms with Gasteiger partial charge in [-0.15, -0.1) is 0 Å². The predicted octanol–water partition coefficient (Wildman–Crippen LogP) is 2.35. The average Bonchev–Trinajstić information content (AvgIpc) is 3.89. The third-order valence-corrected chi connectivity index (χ3v) is 7.74. The van der Waals surface area contributed by atoms with Crippen LogP contribution >= 0.6 is 0 Å². The highest BCUT2D eigenvalue weighted by Crippen LogP contribution is 2.31. The summed E-state index contributed by atoms with van der Waals surface area (Å²) in [5.74, 6) is 0. The number of nitrogens with zero attached hydrogens (tertiary/aromatic N) is 10. The van der Waals surface area contributed by atoms with Crippen molar-refractivity contribution in [2.75, 3.05) is 40.6 Å². The van der Waals surface area contributed by atoms with Gasteiger partial charge in [-0.1, -0.05) is 0 Å². The van der Waals surface area contributed by atoms with Crippen LogP contribution in [0, 0.1) is 0 Å². The summed E-state index contributed by atoms with van der Waals surface area (Å²) in [6.45, 7) is 2.76. The van der Waals surface area contributed by atoms with Gasteiger partial charge in [0, 0.05) is 47.5 Å². The first-order valence-electron chi connectivity index (χ1n) is 14.8. The molecule has 16 nitrogen and oxygen atoms in total. The van der Waals surface area contributed by atoms with E-state index in [0.29, 0.717) is 38.4 Å². The molecule has 16 heteroatoms. The first kappa shape index (κ1) is 29.2. The van der Waals surface area contributed by atoms with Gasteiger partial charge in [-0.05, 0) is 12.8 Å². The molecule has 6 aromatic heterocycles. The van der Waals surface area contributed by atoms with Crippen LogP contribution in [-0.2, 0) is 35.2 Å². The highest BCUT2D eigenvalue weighted by atomic mass is 16.5. The quantitative estimate of drug-likeness (QED) is 0.276. The Balaban J connectivity index is 0.000000147. The van der Waals surface area contributed by atoms with Crippen molar-refractivity contribution >= 4 is 0 Å². The van der Waals surface area contributed by atoms with Gasteiger partial charge in [0.1, 0.15) is 11.4 Å². The minimum absolute atomic E-state index is 0.334. The summed E-state index contributed by atoms with van der Waals surface area (Å²) in [7, 11) is 3.09. The SMILES string of the molecule is COc1ncc(-n2nc(-c3cn[nH]c3)c3c2CCOCC3)cn1.COc1ncc(-n2nc3c(c2-c2cn[nH]c2)CCOCC3)cn1. The highest BCUT2D eigenvalue weighted by Gasteiger charge is 2.24. The summed E-state index contributed by atoms with van der Waals surface area (Å²) in [6, 6.07) is 0.672. The second-order valence-electron chi connectivity index (χ2n) is 10.4. The number of aromatic amines is 2. The fraction of sp³-hybridized carbons (Fsp3) is 0.333. The minimum Gasteiger partial charge on any atom is -0.467 e. The fourth-order valence-corrected chi connectivity index (χ4v) is 5.59. The third-order valence-electron chi connectivity index (χ3n) is 7.74. The molecule has 0 atom stereocenters. The molecule has 8 rings (SSSR count). The Morgan fingerprint density at radius 1 is 0.630 bits per heavy atom. The molecule has 0 fully saturated rings. The van der Waals surface area contributed by atoms with Gasteiger partial charge < -0.3 is 18.9 Å². The van der Waals surface area contributed by atoms with Gasteiger partial charge >= 0.3 is 12.0 Å². The highest BCUT2D eigenvalue weighted by molar-refractivity contribution is 5.66. The van der Waals surface area contributed by atoms with E-state index in [4.69, 9.17) is 29.1 Å². The number of aromatic nitrogens is 12. The van der Waals surface area contributed by atoms with Crippen molar-refractivity contribution in [1.82, 2.24) is 59.9 Å². The van der Waals surface area contributed by atoms with Crippen LogP contribution in [-0.4, -0.2) is 101 Å². The number of fused-ring (bicyclic) bond motifs is 2. The molecule has 2 aliphatic heterocycles. The molecule has 0 bridgehead atoms. The van der Waals surface area contributed by atoms with E-state index < -0.39 is 0 Å². The summed E-state index contributed by atoms with van der Waals surface area (Å²) in [6.07, 6.45) is 17.4. The van der Waals surface area contributed by atoms with E-state index in [1.165, 1.54) is 11.1 Å².